The summed E-state index contributed by atoms with van der Waals surface area (Å²) in [6.07, 6.45) is -4.68. The molecule has 0 saturated carbocycles. The molecule has 0 aliphatic heterocycles. The number of para-hydroxylation sites is 1. The Morgan fingerprint density at radius 1 is 1.09 bits per heavy atom. The summed E-state index contributed by atoms with van der Waals surface area (Å²) in [5.41, 5.74) is 2.55. The average Bonchev–Trinajstić information content (AvgIpc) is 3.13. The summed E-state index contributed by atoms with van der Waals surface area (Å²) in [5, 5.41) is 6.57. The highest BCUT2D eigenvalue weighted by atomic mass is 35.5. The number of hydrogen-bond donors (Lipinski definition) is 1. The topological polar surface area (TPSA) is 56.1 Å². The lowest BCUT2D eigenvalue weighted by Crippen LogP contribution is -2.22. The summed E-state index contributed by atoms with van der Waals surface area (Å²) in [5.74, 6) is -0.757. The molecule has 0 fully saturated rings. The Balaban J connectivity index is 1.82. The van der Waals surface area contributed by atoms with E-state index in [4.69, 9.17) is 16.3 Å². The number of aryl methyl sites for hydroxylation is 2. The molecule has 9 heteroatoms. The van der Waals surface area contributed by atoms with Gasteiger partial charge in [0.2, 0.25) is 5.88 Å². The minimum absolute atomic E-state index is 0.0471. The van der Waals surface area contributed by atoms with Gasteiger partial charge in [0.25, 0.3) is 5.91 Å². The van der Waals surface area contributed by atoms with E-state index >= 15 is 0 Å². The van der Waals surface area contributed by atoms with Crippen LogP contribution in [0, 0.1) is 13.8 Å². The van der Waals surface area contributed by atoms with Crippen molar-refractivity contribution in [1.82, 2.24) is 9.78 Å². The molecular formula is C24H25ClF3N3O2. The maximum Gasteiger partial charge on any atom is 0.435 e. The van der Waals surface area contributed by atoms with Gasteiger partial charge in [0, 0.05) is 11.8 Å². The molecular weight excluding hydrogens is 455 g/mol. The Morgan fingerprint density at radius 2 is 1.70 bits per heavy atom. The molecule has 33 heavy (non-hydrogen) atoms. The van der Waals surface area contributed by atoms with Crippen LogP contribution in [0.4, 0.5) is 18.9 Å². The first-order chi connectivity index (χ1) is 15.3. The number of halogens is 4. The van der Waals surface area contributed by atoms with E-state index in [1.807, 2.05) is 26.0 Å². The Labute approximate surface area is 195 Å². The molecule has 0 aliphatic rings. The molecule has 1 amide bonds. The third kappa shape index (κ3) is 5.68. The van der Waals surface area contributed by atoms with Crippen LogP contribution in [0.25, 0.3) is 5.69 Å². The summed E-state index contributed by atoms with van der Waals surface area (Å²) in [4.78, 5) is 12.6. The lowest BCUT2D eigenvalue weighted by atomic mass is 9.85. The molecule has 0 aliphatic carbocycles. The predicted octanol–water partition coefficient (Wildman–Crippen LogP) is 6.48. The Kier molecular flexibility index (Phi) is 6.79. The van der Waals surface area contributed by atoms with E-state index in [2.05, 4.69) is 31.2 Å². The molecule has 0 radical (unpaired) electrons. The Bertz CT molecular complexity index is 1160. The number of alkyl halides is 3. The first-order valence-electron chi connectivity index (χ1n) is 10.2. The summed E-state index contributed by atoms with van der Waals surface area (Å²) in [6, 6.07) is 11.0. The summed E-state index contributed by atoms with van der Waals surface area (Å²) in [7, 11) is 0. The molecule has 176 valence electrons. The molecule has 1 aromatic heterocycles. The molecule has 0 spiro atoms. The van der Waals surface area contributed by atoms with E-state index in [1.165, 1.54) is 12.1 Å². The van der Waals surface area contributed by atoms with Gasteiger partial charge in [-0.2, -0.15) is 23.0 Å². The molecule has 0 bridgehead atoms. The van der Waals surface area contributed by atoms with Crippen molar-refractivity contribution in [3.8, 4) is 11.6 Å². The second kappa shape index (κ2) is 9.09. The van der Waals surface area contributed by atoms with Crippen LogP contribution >= 0.6 is 11.6 Å². The molecule has 1 N–H and O–H groups in total. The standard InChI is InChI=1S/C24H25ClF3N3O2/c1-14-10-16(23(3,4)5)11-15(2)22(14)29-20(32)13-33-21-12-19(24(26,27)28)30-31(21)18-9-7-6-8-17(18)25/h6-12H,13H2,1-5H3,(H,29,32). The fourth-order valence-electron chi connectivity index (χ4n) is 3.31. The summed E-state index contributed by atoms with van der Waals surface area (Å²) in [6.45, 7) is 9.58. The van der Waals surface area contributed by atoms with Crippen LogP contribution in [0.2, 0.25) is 5.02 Å². The highest BCUT2D eigenvalue weighted by molar-refractivity contribution is 6.32. The van der Waals surface area contributed by atoms with Crippen LogP contribution in [0.5, 0.6) is 5.88 Å². The number of aromatic nitrogens is 2. The molecule has 3 aromatic rings. The lowest BCUT2D eigenvalue weighted by Gasteiger charge is -2.22. The van der Waals surface area contributed by atoms with Crippen LogP contribution in [0.1, 0.15) is 43.2 Å². The number of ether oxygens (including phenoxy) is 1. The number of carbonyl (C=O) groups is 1. The molecule has 0 unspecified atom stereocenters. The largest absolute Gasteiger partial charge is 0.467 e. The normalized spacial score (nSPS) is 12.0. The zero-order chi connectivity index (χ0) is 24.6. The van der Waals surface area contributed by atoms with Gasteiger partial charge in [-0.1, -0.05) is 56.6 Å². The smallest absolute Gasteiger partial charge is 0.435 e. The third-order valence-corrected chi connectivity index (χ3v) is 5.38. The maximum atomic E-state index is 13.2. The highest BCUT2D eigenvalue weighted by Gasteiger charge is 2.36. The van der Waals surface area contributed by atoms with Crippen LogP contribution in [-0.2, 0) is 16.4 Å². The highest BCUT2D eigenvalue weighted by Crippen LogP contribution is 2.34. The van der Waals surface area contributed by atoms with E-state index in [0.29, 0.717) is 5.69 Å². The second-order valence-electron chi connectivity index (χ2n) is 8.80. The van der Waals surface area contributed by atoms with Gasteiger partial charge < -0.3 is 10.1 Å². The Morgan fingerprint density at radius 3 is 2.24 bits per heavy atom. The summed E-state index contributed by atoms with van der Waals surface area (Å²) >= 11 is 6.13. The van der Waals surface area contributed by atoms with Crippen LogP contribution < -0.4 is 10.1 Å². The number of benzene rings is 2. The van der Waals surface area contributed by atoms with Crippen molar-refractivity contribution in [2.24, 2.45) is 0 Å². The second-order valence-corrected chi connectivity index (χ2v) is 9.21. The average molecular weight is 480 g/mol. The van der Waals surface area contributed by atoms with Gasteiger partial charge >= 0.3 is 6.18 Å². The van der Waals surface area contributed by atoms with Crippen molar-refractivity contribution in [2.75, 3.05) is 11.9 Å². The molecule has 2 aromatic carbocycles. The van der Waals surface area contributed by atoms with E-state index in [0.717, 1.165) is 27.4 Å². The quantitative estimate of drug-likeness (QED) is 0.456. The first-order valence-corrected chi connectivity index (χ1v) is 10.6. The van der Waals surface area contributed by atoms with Gasteiger partial charge in [0.05, 0.1) is 10.7 Å². The number of carbonyl (C=O) groups excluding carboxylic acids is 1. The van der Waals surface area contributed by atoms with Crippen molar-refractivity contribution in [2.45, 2.75) is 46.2 Å². The van der Waals surface area contributed by atoms with E-state index in [-0.39, 0.29) is 22.0 Å². The monoisotopic (exact) mass is 479 g/mol. The minimum atomic E-state index is -4.68. The van der Waals surface area contributed by atoms with E-state index < -0.39 is 24.4 Å². The van der Waals surface area contributed by atoms with Crippen molar-refractivity contribution in [3.63, 3.8) is 0 Å². The number of rotatable bonds is 5. The molecule has 1 heterocycles. The van der Waals surface area contributed by atoms with Crippen molar-refractivity contribution in [1.29, 1.82) is 0 Å². The first kappa shape index (κ1) is 24.6. The Hall–Kier alpha value is -3.00. The fraction of sp³-hybridized carbons (Fsp3) is 0.333. The van der Waals surface area contributed by atoms with Crippen LogP contribution in [0.15, 0.2) is 42.5 Å². The number of nitrogens with one attached hydrogen (secondary N) is 1. The van der Waals surface area contributed by atoms with Gasteiger partial charge in [-0.15, -0.1) is 0 Å². The van der Waals surface area contributed by atoms with Gasteiger partial charge in [-0.05, 0) is 48.1 Å². The maximum absolute atomic E-state index is 13.2. The van der Waals surface area contributed by atoms with Crippen molar-refractivity contribution >= 4 is 23.2 Å². The van der Waals surface area contributed by atoms with Crippen LogP contribution in [-0.4, -0.2) is 22.3 Å². The molecule has 5 nitrogen and oxygen atoms in total. The minimum Gasteiger partial charge on any atom is -0.467 e. The zero-order valence-corrected chi connectivity index (χ0v) is 19.7. The number of hydrogen-bond acceptors (Lipinski definition) is 3. The molecule has 3 rings (SSSR count). The number of nitrogens with zero attached hydrogens (tertiary/aromatic N) is 2. The molecule has 0 saturated heterocycles. The van der Waals surface area contributed by atoms with Crippen molar-refractivity contribution in [3.05, 3.63) is 69.9 Å². The fourth-order valence-corrected chi connectivity index (χ4v) is 3.53. The van der Waals surface area contributed by atoms with Crippen LogP contribution in [0.3, 0.4) is 0 Å². The van der Waals surface area contributed by atoms with Crippen molar-refractivity contribution < 1.29 is 22.7 Å². The summed E-state index contributed by atoms with van der Waals surface area (Å²) < 4.78 is 46.1. The van der Waals surface area contributed by atoms with Gasteiger partial charge in [-0.25, -0.2) is 0 Å². The van der Waals surface area contributed by atoms with Gasteiger partial charge in [0.1, 0.15) is 0 Å². The van der Waals surface area contributed by atoms with E-state index in [1.54, 1.807) is 12.1 Å². The number of amides is 1. The predicted molar refractivity (Wildman–Crippen MR) is 122 cm³/mol. The van der Waals surface area contributed by atoms with Gasteiger partial charge in [0.15, 0.2) is 12.3 Å². The zero-order valence-electron chi connectivity index (χ0n) is 19.0. The van der Waals surface area contributed by atoms with Gasteiger partial charge in [-0.3, -0.25) is 4.79 Å². The molecule has 0 atom stereocenters. The number of anilines is 1. The lowest BCUT2D eigenvalue weighted by molar-refractivity contribution is -0.141. The van der Waals surface area contributed by atoms with E-state index in [9.17, 15) is 18.0 Å². The SMILES string of the molecule is Cc1cc(C(C)(C)C)cc(C)c1NC(=O)COc1cc(C(F)(F)F)nn1-c1ccccc1Cl. The third-order valence-electron chi connectivity index (χ3n) is 5.06.